The van der Waals surface area contributed by atoms with Crippen LogP contribution in [0, 0.1) is 5.92 Å². The number of aromatic nitrogens is 3. The number of nitrogens with zero attached hydrogens (tertiary/aromatic N) is 2. The maximum absolute atomic E-state index is 12.3. The van der Waals surface area contributed by atoms with E-state index in [1.165, 1.54) is 12.8 Å². The predicted octanol–water partition coefficient (Wildman–Crippen LogP) is 2.98. The maximum Gasteiger partial charge on any atom is 0.246 e. The van der Waals surface area contributed by atoms with Crippen LogP contribution in [0.5, 0.6) is 0 Å². The maximum atomic E-state index is 12.3. The summed E-state index contributed by atoms with van der Waals surface area (Å²) in [7, 11) is 0. The number of benzene rings is 1. The summed E-state index contributed by atoms with van der Waals surface area (Å²) in [6.07, 6.45) is 6.39. The second-order valence-electron chi connectivity index (χ2n) is 7.60. The van der Waals surface area contributed by atoms with E-state index in [1.807, 2.05) is 24.3 Å². The van der Waals surface area contributed by atoms with Gasteiger partial charge in [-0.3, -0.25) is 14.7 Å². The van der Waals surface area contributed by atoms with Crippen LogP contribution in [-0.4, -0.2) is 33.0 Å². The molecule has 1 aromatic carbocycles. The number of rotatable bonds is 6. The van der Waals surface area contributed by atoms with Crippen LogP contribution in [0.25, 0.3) is 11.4 Å². The van der Waals surface area contributed by atoms with E-state index in [2.05, 4.69) is 25.8 Å². The second kappa shape index (κ2) is 7.50. The molecule has 4 rings (SSSR count). The van der Waals surface area contributed by atoms with Crippen molar-refractivity contribution in [3.05, 3.63) is 30.1 Å². The summed E-state index contributed by atoms with van der Waals surface area (Å²) in [4.78, 5) is 29.0. The summed E-state index contributed by atoms with van der Waals surface area (Å²) in [5, 5.41) is 12.9. The largest absolute Gasteiger partial charge is 0.344 e. The van der Waals surface area contributed by atoms with Crippen LogP contribution in [0.2, 0.25) is 0 Å². The van der Waals surface area contributed by atoms with Crippen LogP contribution in [-0.2, 0) is 9.59 Å². The first-order valence-corrected chi connectivity index (χ1v) is 9.74. The predicted molar refractivity (Wildman–Crippen MR) is 102 cm³/mol. The summed E-state index contributed by atoms with van der Waals surface area (Å²) in [5.41, 5.74) is 1.59. The van der Waals surface area contributed by atoms with E-state index in [1.54, 1.807) is 6.92 Å². The molecule has 0 radical (unpaired) electrons. The topological polar surface area (TPSA) is 99.8 Å². The lowest BCUT2D eigenvalue weighted by Crippen LogP contribution is -2.43. The van der Waals surface area contributed by atoms with Gasteiger partial charge in [0.1, 0.15) is 11.9 Å². The van der Waals surface area contributed by atoms with Gasteiger partial charge in [0.15, 0.2) is 5.82 Å². The van der Waals surface area contributed by atoms with Gasteiger partial charge in [-0.2, -0.15) is 5.10 Å². The fourth-order valence-electron chi connectivity index (χ4n) is 3.48. The van der Waals surface area contributed by atoms with Gasteiger partial charge in [0.05, 0.1) is 0 Å². The van der Waals surface area contributed by atoms with Gasteiger partial charge in [-0.25, -0.2) is 4.98 Å². The Kier molecular flexibility index (Phi) is 4.92. The molecular formula is C20H25N5O2. The number of carbonyl (C=O) groups is 2. The average Bonchev–Trinajstić information content (AvgIpc) is 3.17. The van der Waals surface area contributed by atoms with E-state index < -0.39 is 6.04 Å². The van der Waals surface area contributed by atoms with E-state index in [-0.39, 0.29) is 17.7 Å². The minimum absolute atomic E-state index is 0.0124. The second-order valence-corrected chi connectivity index (χ2v) is 7.60. The average molecular weight is 367 g/mol. The van der Waals surface area contributed by atoms with Crippen LogP contribution in [0.15, 0.2) is 24.3 Å². The Hall–Kier alpha value is -2.70. The molecular weight excluding hydrogens is 342 g/mol. The molecule has 0 saturated heterocycles. The molecule has 27 heavy (non-hydrogen) atoms. The minimum atomic E-state index is -0.563. The standard InChI is InChI=1S/C20H25N5O2/c1-12(21-20(27)15-4-2-3-5-15)19(26)22-16-10-8-14(9-11-16)18-23-17(24-25-18)13-6-7-13/h8-13,15H,2-7H2,1H3,(H,21,27)(H,22,26)(H,23,24,25)/t12-/m1/s1. The van der Waals surface area contributed by atoms with Crippen molar-refractivity contribution in [3.8, 4) is 11.4 Å². The zero-order valence-electron chi connectivity index (χ0n) is 15.5. The molecule has 7 nitrogen and oxygen atoms in total. The molecule has 2 amide bonds. The van der Waals surface area contributed by atoms with E-state index in [9.17, 15) is 9.59 Å². The van der Waals surface area contributed by atoms with Crippen molar-refractivity contribution in [3.63, 3.8) is 0 Å². The van der Waals surface area contributed by atoms with E-state index in [0.717, 1.165) is 37.1 Å². The summed E-state index contributed by atoms with van der Waals surface area (Å²) in [6, 6.07) is 6.86. The molecule has 7 heteroatoms. The number of hydrogen-bond donors (Lipinski definition) is 3. The number of hydrogen-bond acceptors (Lipinski definition) is 4. The molecule has 142 valence electrons. The van der Waals surface area contributed by atoms with Gasteiger partial charge < -0.3 is 10.6 Å². The van der Waals surface area contributed by atoms with Gasteiger partial charge in [-0.05, 0) is 56.9 Å². The van der Waals surface area contributed by atoms with Gasteiger partial charge >= 0.3 is 0 Å². The van der Waals surface area contributed by atoms with Crippen molar-refractivity contribution < 1.29 is 9.59 Å². The molecule has 2 fully saturated rings. The Morgan fingerprint density at radius 3 is 2.48 bits per heavy atom. The lowest BCUT2D eigenvalue weighted by atomic mass is 10.1. The normalized spacial score (nSPS) is 18.3. The molecule has 3 N–H and O–H groups in total. The first kappa shape index (κ1) is 17.7. The lowest BCUT2D eigenvalue weighted by molar-refractivity contribution is -0.128. The number of H-pyrrole nitrogens is 1. The molecule has 0 unspecified atom stereocenters. The molecule has 0 bridgehead atoms. The monoisotopic (exact) mass is 367 g/mol. The first-order valence-electron chi connectivity index (χ1n) is 9.74. The molecule has 2 aromatic rings. The Balaban J connectivity index is 1.32. The smallest absolute Gasteiger partial charge is 0.246 e. The highest BCUT2D eigenvalue weighted by Crippen LogP contribution is 2.38. The van der Waals surface area contributed by atoms with Crippen molar-refractivity contribution in [2.24, 2.45) is 5.92 Å². The van der Waals surface area contributed by atoms with Gasteiger partial charge in [0.2, 0.25) is 11.8 Å². The van der Waals surface area contributed by atoms with Crippen LogP contribution < -0.4 is 10.6 Å². The van der Waals surface area contributed by atoms with Crippen molar-refractivity contribution in [2.75, 3.05) is 5.32 Å². The summed E-state index contributed by atoms with van der Waals surface area (Å²) < 4.78 is 0. The lowest BCUT2D eigenvalue weighted by Gasteiger charge is -2.17. The van der Waals surface area contributed by atoms with Crippen LogP contribution in [0.3, 0.4) is 0 Å². The summed E-state index contributed by atoms with van der Waals surface area (Å²) in [6.45, 7) is 1.71. The van der Waals surface area contributed by atoms with Crippen molar-refractivity contribution in [1.82, 2.24) is 20.5 Å². The fourth-order valence-corrected chi connectivity index (χ4v) is 3.48. The molecule has 2 aliphatic rings. The molecule has 2 saturated carbocycles. The van der Waals surface area contributed by atoms with Crippen molar-refractivity contribution in [1.29, 1.82) is 0 Å². The van der Waals surface area contributed by atoms with E-state index >= 15 is 0 Å². The Labute approximate surface area is 158 Å². The SMILES string of the molecule is C[C@@H](NC(=O)C1CCCC1)C(=O)Nc1ccc(-c2n[nH]c(C3CC3)n2)cc1. The molecule has 0 aliphatic heterocycles. The Morgan fingerprint density at radius 1 is 1.11 bits per heavy atom. The molecule has 2 aliphatic carbocycles. The van der Waals surface area contributed by atoms with E-state index in [4.69, 9.17) is 0 Å². The fraction of sp³-hybridized carbons (Fsp3) is 0.500. The Morgan fingerprint density at radius 2 is 1.81 bits per heavy atom. The quantitative estimate of drug-likeness (QED) is 0.731. The van der Waals surface area contributed by atoms with Crippen LogP contribution in [0.1, 0.15) is 57.2 Å². The van der Waals surface area contributed by atoms with Gasteiger partial charge in [0.25, 0.3) is 0 Å². The van der Waals surface area contributed by atoms with E-state index in [0.29, 0.717) is 17.4 Å². The summed E-state index contributed by atoms with van der Waals surface area (Å²) in [5.74, 6) is 1.98. The van der Waals surface area contributed by atoms with Gasteiger partial charge in [-0.15, -0.1) is 0 Å². The van der Waals surface area contributed by atoms with Crippen LogP contribution in [0.4, 0.5) is 5.69 Å². The first-order chi connectivity index (χ1) is 13.1. The number of carbonyl (C=O) groups excluding carboxylic acids is 2. The minimum Gasteiger partial charge on any atom is -0.344 e. The number of amides is 2. The highest BCUT2D eigenvalue weighted by molar-refractivity contribution is 5.97. The van der Waals surface area contributed by atoms with Gasteiger partial charge in [0, 0.05) is 23.1 Å². The molecule has 1 heterocycles. The van der Waals surface area contributed by atoms with Gasteiger partial charge in [-0.1, -0.05) is 12.8 Å². The third-order valence-corrected chi connectivity index (χ3v) is 5.36. The number of nitrogens with one attached hydrogen (secondary N) is 3. The van der Waals surface area contributed by atoms with Crippen LogP contribution >= 0.6 is 0 Å². The molecule has 1 aromatic heterocycles. The third-order valence-electron chi connectivity index (χ3n) is 5.36. The van der Waals surface area contributed by atoms with Crippen molar-refractivity contribution >= 4 is 17.5 Å². The number of anilines is 1. The molecule has 0 spiro atoms. The summed E-state index contributed by atoms with van der Waals surface area (Å²) >= 11 is 0. The highest BCUT2D eigenvalue weighted by Gasteiger charge is 2.27. The van der Waals surface area contributed by atoms with Crippen molar-refractivity contribution in [2.45, 2.75) is 57.4 Å². The zero-order chi connectivity index (χ0) is 18.8. The third kappa shape index (κ3) is 4.18. The Bertz CT molecular complexity index is 819. The molecule has 1 atom stereocenters. The number of aromatic amines is 1. The zero-order valence-corrected chi connectivity index (χ0v) is 15.5. The highest BCUT2D eigenvalue weighted by atomic mass is 16.2.